The highest BCUT2D eigenvalue weighted by Crippen LogP contribution is 2.13. The molecule has 9 heteroatoms. The number of hydrogen-bond acceptors (Lipinski definition) is 6. The monoisotopic (exact) mass is 374 g/mol. The van der Waals surface area contributed by atoms with Crippen molar-refractivity contribution in [3.63, 3.8) is 0 Å². The van der Waals surface area contributed by atoms with Crippen LogP contribution in [0.25, 0.3) is 0 Å². The predicted octanol–water partition coefficient (Wildman–Crippen LogP) is 0.879. The van der Waals surface area contributed by atoms with Crippen LogP contribution in [0.2, 0.25) is 0 Å². The zero-order chi connectivity index (χ0) is 17.4. The third-order valence-electron chi connectivity index (χ3n) is 3.65. The summed E-state index contributed by atoms with van der Waals surface area (Å²) in [5.41, 5.74) is 0. The van der Waals surface area contributed by atoms with E-state index in [2.05, 4.69) is 5.32 Å². The number of rotatable bonds is 9. The lowest BCUT2D eigenvalue weighted by Crippen LogP contribution is -2.43. The maximum atomic E-state index is 12.1. The maximum absolute atomic E-state index is 12.1. The van der Waals surface area contributed by atoms with E-state index in [-0.39, 0.29) is 30.4 Å². The van der Waals surface area contributed by atoms with Gasteiger partial charge in [0.1, 0.15) is 0 Å². The first kappa shape index (κ1) is 19.0. The Hall–Kier alpha value is -1.29. The van der Waals surface area contributed by atoms with Gasteiger partial charge in [0, 0.05) is 32.5 Å². The highest BCUT2D eigenvalue weighted by Gasteiger charge is 2.23. The molecule has 7 nitrogen and oxygen atoms in total. The summed E-state index contributed by atoms with van der Waals surface area (Å²) in [7, 11) is -3.36. The van der Waals surface area contributed by atoms with E-state index in [0.717, 1.165) is 0 Å². The van der Waals surface area contributed by atoms with Gasteiger partial charge in [0.2, 0.25) is 15.9 Å². The lowest BCUT2D eigenvalue weighted by Gasteiger charge is -2.26. The molecule has 2 rings (SSSR count). The molecular formula is C15H22N2O5S2. The minimum Gasteiger partial charge on any atom is -0.379 e. The Balaban J connectivity index is 1.61. The fourth-order valence-corrected chi connectivity index (χ4v) is 4.35. The third-order valence-corrected chi connectivity index (χ3v) is 6.43. The van der Waals surface area contributed by atoms with Crippen molar-refractivity contribution in [3.8, 4) is 0 Å². The number of ketones is 1. The topological polar surface area (TPSA) is 92.8 Å². The van der Waals surface area contributed by atoms with Crippen molar-refractivity contribution in [1.29, 1.82) is 0 Å². The quantitative estimate of drug-likeness (QED) is 0.648. The van der Waals surface area contributed by atoms with Crippen LogP contribution in [0.3, 0.4) is 0 Å². The summed E-state index contributed by atoms with van der Waals surface area (Å²) < 4.78 is 30.7. The van der Waals surface area contributed by atoms with E-state index in [9.17, 15) is 18.0 Å². The van der Waals surface area contributed by atoms with E-state index >= 15 is 0 Å². The molecule has 1 aromatic heterocycles. The Morgan fingerprint density at radius 2 is 2.00 bits per heavy atom. The molecular weight excluding hydrogens is 352 g/mol. The van der Waals surface area contributed by atoms with Gasteiger partial charge in [0.05, 0.1) is 23.8 Å². The minimum atomic E-state index is -3.36. The summed E-state index contributed by atoms with van der Waals surface area (Å²) in [5.74, 6) is -0.314. The standard InChI is InChI=1S/C15H22N2O5S2/c18-13(14-4-2-11-23-14)3-1-5-15(19)16-6-12-24(20,21)17-7-9-22-10-8-17/h2,4,11H,1,3,5-10,12H2,(H,16,19). The van der Waals surface area contributed by atoms with Gasteiger partial charge in [-0.3, -0.25) is 9.59 Å². The van der Waals surface area contributed by atoms with Crippen LogP contribution in [0.15, 0.2) is 17.5 Å². The number of Topliss-reactive ketones (excluding diaryl/α,β-unsaturated/α-hetero) is 1. The molecule has 0 radical (unpaired) electrons. The van der Waals surface area contributed by atoms with Crippen LogP contribution in [0.5, 0.6) is 0 Å². The molecule has 0 aromatic carbocycles. The second kappa shape index (κ2) is 9.26. The van der Waals surface area contributed by atoms with Crippen LogP contribution in [0.4, 0.5) is 0 Å². The molecule has 0 atom stereocenters. The number of nitrogens with one attached hydrogen (secondary N) is 1. The number of sulfonamides is 1. The van der Waals surface area contributed by atoms with Crippen molar-refractivity contribution >= 4 is 33.1 Å². The zero-order valence-corrected chi connectivity index (χ0v) is 15.0. The van der Waals surface area contributed by atoms with Gasteiger partial charge >= 0.3 is 0 Å². The van der Waals surface area contributed by atoms with E-state index in [1.807, 2.05) is 11.4 Å². The fraction of sp³-hybridized carbons (Fsp3) is 0.600. The third kappa shape index (κ3) is 5.97. The fourth-order valence-electron chi connectivity index (χ4n) is 2.33. The summed E-state index contributed by atoms with van der Waals surface area (Å²) in [4.78, 5) is 24.2. The van der Waals surface area contributed by atoms with Gasteiger partial charge in [-0.1, -0.05) is 6.07 Å². The normalized spacial score (nSPS) is 16.0. The molecule has 1 saturated heterocycles. The SMILES string of the molecule is O=C(CCCC(=O)c1cccs1)NCCS(=O)(=O)N1CCOCC1. The first-order chi connectivity index (χ1) is 11.5. The minimum absolute atomic E-state index is 0.0349. The van der Waals surface area contributed by atoms with E-state index in [4.69, 9.17) is 4.74 Å². The van der Waals surface area contributed by atoms with Gasteiger partial charge in [-0.15, -0.1) is 11.3 Å². The average Bonchev–Trinajstić information content (AvgIpc) is 3.10. The lowest BCUT2D eigenvalue weighted by molar-refractivity contribution is -0.121. The molecule has 134 valence electrons. The molecule has 1 amide bonds. The predicted molar refractivity (Wildman–Crippen MR) is 91.7 cm³/mol. The van der Waals surface area contributed by atoms with E-state index in [1.54, 1.807) is 6.07 Å². The highest BCUT2D eigenvalue weighted by molar-refractivity contribution is 7.89. The van der Waals surface area contributed by atoms with Crippen LogP contribution < -0.4 is 5.32 Å². The van der Waals surface area contributed by atoms with Crippen molar-refractivity contribution in [3.05, 3.63) is 22.4 Å². The van der Waals surface area contributed by atoms with Gasteiger partial charge in [0.25, 0.3) is 0 Å². The van der Waals surface area contributed by atoms with Gasteiger partial charge in [-0.05, 0) is 17.9 Å². The highest BCUT2D eigenvalue weighted by atomic mass is 32.2. The molecule has 1 aliphatic heterocycles. The molecule has 1 aliphatic rings. The summed E-state index contributed by atoms with van der Waals surface area (Å²) >= 11 is 1.39. The molecule has 0 unspecified atom stereocenters. The molecule has 1 aromatic rings. The van der Waals surface area contributed by atoms with Crippen LogP contribution in [0, 0.1) is 0 Å². The number of amides is 1. The maximum Gasteiger partial charge on any atom is 0.220 e. The second-order valence-electron chi connectivity index (χ2n) is 5.43. The average molecular weight is 374 g/mol. The van der Waals surface area contributed by atoms with Crippen molar-refractivity contribution in [1.82, 2.24) is 9.62 Å². The molecule has 2 heterocycles. The number of hydrogen-bond donors (Lipinski definition) is 1. The molecule has 1 N–H and O–H groups in total. The van der Waals surface area contributed by atoms with Crippen LogP contribution in [-0.2, 0) is 19.6 Å². The van der Waals surface area contributed by atoms with Crippen LogP contribution in [0.1, 0.15) is 28.9 Å². The van der Waals surface area contributed by atoms with E-state index < -0.39 is 10.0 Å². The van der Waals surface area contributed by atoms with Crippen molar-refractivity contribution in [2.45, 2.75) is 19.3 Å². The first-order valence-corrected chi connectivity index (χ1v) is 10.4. The number of nitrogens with zero attached hydrogens (tertiary/aromatic N) is 1. The van der Waals surface area contributed by atoms with Gasteiger partial charge < -0.3 is 10.1 Å². The van der Waals surface area contributed by atoms with E-state index in [1.165, 1.54) is 15.6 Å². The first-order valence-electron chi connectivity index (χ1n) is 7.88. The number of ether oxygens (including phenoxy) is 1. The molecule has 0 aliphatic carbocycles. The number of thiophene rings is 1. The number of carbonyl (C=O) groups is 2. The molecule has 0 bridgehead atoms. The van der Waals surface area contributed by atoms with Crippen molar-refractivity contribution in [2.75, 3.05) is 38.6 Å². The molecule has 1 fully saturated rings. The van der Waals surface area contributed by atoms with Crippen molar-refractivity contribution < 1.29 is 22.7 Å². The smallest absolute Gasteiger partial charge is 0.220 e. The van der Waals surface area contributed by atoms with E-state index in [0.29, 0.717) is 44.0 Å². The summed E-state index contributed by atoms with van der Waals surface area (Å²) in [6, 6.07) is 3.59. The number of morpholine rings is 1. The Kier molecular flexibility index (Phi) is 7.35. The van der Waals surface area contributed by atoms with Gasteiger partial charge in [-0.25, -0.2) is 8.42 Å². The summed E-state index contributed by atoms with van der Waals surface area (Å²) in [6.45, 7) is 1.62. The van der Waals surface area contributed by atoms with Gasteiger partial charge in [-0.2, -0.15) is 4.31 Å². The van der Waals surface area contributed by atoms with Crippen LogP contribution >= 0.6 is 11.3 Å². The van der Waals surface area contributed by atoms with Crippen molar-refractivity contribution in [2.24, 2.45) is 0 Å². The zero-order valence-electron chi connectivity index (χ0n) is 13.4. The van der Waals surface area contributed by atoms with Gasteiger partial charge in [0.15, 0.2) is 5.78 Å². The summed E-state index contributed by atoms with van der Waals surface area (Å²) in [6.07, 6.45) is 0.994. The molecule has 0 saturated carbocycles. The Bertz CT molecular complexity index is 637. The Labute approximate surface area is 146 Å². The van der Waals surface area contributed by atoms with Crippen LogP contribution in [-0.4, -0.2) is 63.0 Å². The number of carbonyl (C=O) groups excluding carboxylic acids is 2. The second-order valence-corrected chi connectivity index (χ2v) is 8.47. The Morgan fingerprint density at radius 3 is 2.67 bits per heavy atom. The Morgan fingerprint density at radius 1 is 1.25 bits per heavy atom. The largest absolute Gasteiger partial charge is 0.379 e. The lowest BCUT2D eigenvalue weighted by atomic mass is 10.1. The molecule has 24 heavy (non-hydrogen) atoms. The molecule has 0 spiro atoms. The summed E-state index contributed by atoms with van der Waals surface area (Å²) in [5, 5.41) is 4.44.